The maximum atomic E-state index is 5.42. The lowest BCUT2D eigenvalue weighted by atomic mass is 10.2. The molecule has 0 aliphatic carbocycles. The molecule has 0 aliphatic rings. The van der Waals surface area contributed by atoms with Crippen molar-refractivity contribution < 1.29 is 9.26 Å². The van der Waals surface area contributed by atoms with Crippen LogP contribution in [0.2, 0.25) is 0 Å². The van der Waals surface area contributed by atoms with Crippen LogP contribution in [0, 0.1) is 6.92 Å². The Morgan fingerprint density at radius 1 is 1.23 bits per heavy atom. The fourth-order valence-corrected chi connectivity index (χ4v) is 2.40. The van der Waals surface area contributed by atoms with Crippen LogP contribution in [0.15, 0.2) is 47.1 Å². The molecular formula is C18H19N5O2S. The van der Waals surface area contributed by atoms with E-state index in [0.717, 1.165) is 16.9 Å². The average molecular weight is 369 g/mol. The van der Waals surface area contributed by atoms with Crippen LogP contribution in [0.4, 0.5) is 5.82 Å². The fraction of sp³-hybridized carbons (Fsp3) is 0.222. The van der Waals surface area contributed by atoms with Gasteiger partial charge < -0.3 is 19.9 Å². The Hall–Kier alpha value is -3.00. The Bertz CT molecular complexity index is 879. The molecule has 26 heavy (non-hydrogen) atoms. The second-order valence-electron chi connectivity index (χ2n) is 5.45. The van der Waals surface area contributed by atoms with Crippen LogP contribution in [-0.4, -0.2) is 26.8 Å². The van der Waals surface area contributed by atoms with Gasteiger partial charge in [0, 0.05) is 11.8 Å². The average Bonchev–Trinajstić information content (AvgIpc) is 3.12. The number of anilines is 1. The number of ether oxygens (including phenoxy) is 1. The van der Waals surface area contributed by atoms with Gasteiger partial charge in [0.2, 0.25) is 11.7 Å². The molecule has 0 aliphatic heterocycles. The van der Waals surface area contributed by atoms with Crippen LogP contribution < -0.4 is 15.4 Å². The first-order valence-electron chi connectivity index (χ1n) is 8.18. The molecule has 8 heteroatoms. The predicted molar refractivity (Wildman–Crippen MR) is 103 cm³/mol. The van der Waals surface area contributed by atoms with Crippen LogP contribution in [-0.2, 0) is 6.54 Å². The van der Waals surface area contributed by atoms with Crippen molar-refractivity contribution in [1.82, 2.24) is 20.4 Å². The van der Waals surface area contributed by atoms with Crippen LogP contribution in [0.3, 0.4) is 0 Å². The quantitative estimate of drug-likeness (QED) is 0.640. The number of benzene rings is 1. The first-order valence-corrected chi connectivity index (χ1v) is 8.59. The third-order valence-electron chi connectivity index (χ3n) is 3.53. The van der Waals surface area contributed by atoms with E-state index >= 15 is 0 Å². The number of aryl methyl sites for hydroxylation is 1. The second kappa shape index (κ2) is 8.39. The van der Waals surface area contributed by atoms with Gasteiger partial charge in [0.05, 0.1) is 13.2 Å². The highest BCUT2D eigenvalue weighted by molar-refractivity contribution is 7.80. The molecule has 2 aromatic heterocycles. The molecule has 0 saturated heterocycles. The standard InChI is InChI=1S/C18H19N5O2S/c1-3-24-14-8-6-13(7-9-14)17-21-15(25-23-17)11-20-18(26)22-16-12(2)5-4-10-19-16/h4-10H,3,11H2,1-2H3,(H2,19,20,22,26). The summed E-state index contributed by atoms with van der Waals surface area (Å²) < 4.78 is 10.7. The van der Waals surface area contributed by atoms with Crippen LogP contribution in [0.25, 0.3) is 11.4 Å². The summed E-state index contributed by atoms with van der Waals surface area (Å²) in [6, 6.07) is 11.4. The number of nitrogens with zero attached hydrogens (tertiary/aromatic N) is 3. The maximum Gasteiger partial charge on any atom is 0.246 e. The lowest BCUT2D eigenvalue weighted by Crippen LogP contribution is -2.28. The largest absolute Gasteiger partial charge is 0.494 e. The highest BCUT2D eigenvalue weighted by atomic mass is 32.1. The van der Waals surface area contributed by atoms with Crippen molar-refractivity contribution in [3.8, 4) is 17.1 Å². The highest BCUT2D eigenvalue weighted by Gasteiger charge is 2.10. The minimum absolute atomic E-state index is 0.321. The van der Waals surface area contributed by atoms with Gasteiger partial charge in [-0.05, 0) is 62.0 Å². The SMILES string of the molecule is CCOc1ccc(-c2noc(CNC(=S)Nc3ncccc3C)n2)cc1. The number of nitrogens with one attached hydrogen (secondary N) is 2. The van der Waals surface area contributed by atoms with E-state index in [-0.39, 0.29) is 0 Å². The molecule has 0 spiro atoms. The maximum absolute atomic E-state index is 5.42. The molecule has 2 N–H and O–H groups in total. The van der Waals surface area contributed by atoms with Gasteiger partial charge in [-0.2, -0.15) is 4.98 Å². The summed E-state index contributed by atoms with van der Waals surface area (Å²) in [5, 5.41) is 10.5. The van der Waals surface area contributed by atoms with Gasteiger partial charge in [-0.1, -0.05) is 11.2 Å². The van der Waals surface area contributed by atoms with Gasteiger partial charge in [0.15, 0.2) is 5.11 Å². The van der Waals surface area contributed by atoms with Crippen molar-refractivity contribution in [3.05, 3.63) is 54.0 Å². The zero-order valence-corrected chi connectivity index (χ0v) is 15.3. The second-order valence-corrected chi connectivity index (χ2v) is 5.85. The highest BCUT2D eigenvalue weighted by Crippen LogP contribution is 2.20. The Labute approximate surface area is 156 Å². The molecule has 7 nitrogen and oxygen atoms in total. The van der Waals surface area contributed by atoms with Gasteiger partial charge >= 0.3 is 0 Å². The summed E-state index contributed by atoms with van der Waals surface area (Å²) in [4.78, 5) is 8.61. The number of aromatic nitrogens is 3. The van der Waals surface area contributed by atoms with E-state index in [1.807, 2.05) is 50.2 Å². The molecule has 0 atom stereocenters. The van der Waals surface area contributed by atoms with Crippen LogP contribution in [0.1, 0.15) is 18.4 Å². The Morgan fingerprint density at radius 2 is 2.04 bits per heavy atom. The number of pyridine rings is 1. The molecule has 0 unspecified atom stereocenters. The van der Waals surface area contributed by atoms with E-state index < -0.39 is 0 Å². The number of hydrogen-bond acceptors (Lipinski definition) is 6. The molecule has 2 heterocycles. The van der Waals surface area contributed by atoms with E-state index in [9.17, 15) is 0 Å². The van der Waals surface area contributed by atoms with E-state index in [1.54, 1.807) is 6.20 Å². The van der Waals surface area contributed by atoms with Crippen molar-refractivity contribution in [3.63, 3.8) is 0 Å². The Kier molecular flexibility index (Phi) is 5.75. The smallest absolute Gasteiger partial charge is 0.246 e. The van der Waals surface area contributed by atoms with E-state index in [2.05, 4.69) is 25.8 Å². The molecular weight excluding hydrogens is 350 g/mol. The molecule has 0 radical (unpaired) electrons. The predicted octanol–water partition coefficient (Wildman–Crippen LogP) is 3.33. The van der Waals surface area contributed by atoms with Gasteiger partial charge in [-0.15, -0.1) is 0 Å². The zero-order valence-electron chi connectivity index (χ0n) is 14.5. The monoisotopic (exact) mass is 369 g/mol. The molecule has 0 saturated carbocycles. The van der Waals surface area contributed by atoms with E-state index in [4.69, 9.17) is 21.5 Å². The molecule has 3 rings (SSSR count). The van der Waals surface area contributed by atoms with Gasteiger partial charge in [0.1, 0.15) is 11.6 Å². The number of rotatable bonds is 6. The van der Waals surface area contributed by atoms with Crippen LogP contribution in [0.5, 0.6) is 5.75 Å². The summed E-state index contributed by atoms with van der Waals surface area (Å²) in [7, 11) is 0. The van der Waals surface area contributed by atoms with Crippen molar-refractivity contribution in [2.24, 2.45) is 0 Å². The minimum Gasteiger partial charge on any atom is -0.494 e. The first-order chi connectivity index (χ1) is 12.7. The molecule has 0 bridgehead atoms. The minimum atomic E-state index is 0.321. The summed E-state index contributed by atoms with van der Waals surface area (Å²) in [6.45, 7) is 4.85. The van der Waals surface area contributed by atoms with Gasteiger partial charge in [0.25, 0.3) is 0 Å². The third-order valence-corrected chi connectivity index (χ3v) is 3.78. The summed E-state index contributed by atoms with van der Waals surface area (Å²) >= 11 is 5.27. The van der Waals surface area contributed by atoms with Crippen molar-refractivity contribution >= 4 is 23.1 Å². The third kappa shape index (κ3) is 4.54. The molecule has 0 fully saturated rings. The normalized spacial score (nSPS) is 10.4. The molecule has 134 valence electrons. The first kappa shape index (κ1) is 17.8. The topological polar surface area (TPSA) is 85.1 Å². The van der Waals surface area contributed by atoms with Crippen molar-refractivity contribution in [2.75, 3.05) is 11.9 Å². The summed E-state index contributed by atoms with van der Waals surface area (Å²) in [5.74, 6) is 2.48. The number of hydrogen-bond donors (Lipinski definition) is 2. The van der Waals surface area contributed by atoms with E-state index in [0.29, 0.717) is 35.8 Å². The molecule has 3 aromatic rings. The van der Waals surface area contributed by atoms with E-state index in [1.165, 1.54) is 0 Å². The zero-order chi connectivity index (χ0) is 18.4. The summed E-state index contributed by atoms with van der Waals surface area (Å²) in [6.07, 6.45) is 1.71. The fourth-order valence-electron chi connectivity index (χ4n) is 2.23. The lowest BCUT2D eigenvalue weighted by molar-refractivity contribution is 0.340. The molecule has 1 aromatic carbocycles. The van der Waals surface area contributed by atoms with Gasteiger partial charge in [-0.25, -0.2) is 4.98 Å². The number of thiocarbonyl (C=S) groups is 1. The Balaban J connectivity index is 1.56. The molecule has 0 amide bonds. The van der Waals surface area contributed by atoms with Crippen molar-refractivity contribution in [2.45, 2.75) is 20.4 Å². The van der Waals surface area contributed by atoms with Gasteiger partial charge in [-0.3, -0.25) is 0 Å². The lowest BCUT2D eigenvalue weighted by Gasteiger charge is -2.09. The Morgan fingerprint density at radius 3 is 2.77 bits per heavy atom. The summed E-state index contributed by atoms with van der Waals surface area (Å²) in [5.41, 5.74) is 1.86. The van der Waals surface area contributed by atoms with Crippen LogP contribution >= 0.6 is 12.2 Å². The van der Waals surface area contributed by atoms with Crippen molar-refractivity contribution in [1.29, 1.82) is 0 Å².